The predicted octanol–water partition coefficient (Wildman–Crippen LogP) is 14.1. The zero-order valence-electron chi connectivity index (χ0n) is 31.2. The van der Waals surface area contributed by atoms with Crippen molar-refractivity contribution in [1.29, 1.82) is 10.5 Å². The van der Waals surface area contributed by atoms with E-state index < -0.39 is 11.7 Å². The number of halogens is 3. The highest BCUT2D eigenvalue weighted by atomic mass is 19.4. The van der Waals surface area contributed by atoms with Crippen molar-refractivity contribution in [3.63, 3.8) is 0 Å². The Kier molecular flexibility index (Phi) is 6.84. The Labute approximate surface area is 337 Å². The van der Waals surface area contributed by atoms with Gasteiger partial charge in [-0.3, -0.25) is 0 Å². The van der Waals surface area contributed by atoms with Crippen molar-refractivity contribution in [3.8, 4) is 34.6 Å². The van der Waals surface area contributed by atoms with Gasteiger partial charge in [-0.25, -0.2) is 0 Å². The molecule has 0 aliphatic carbocycles. The number of fused-ring (bicyclic) bond motifs is 14. The van der Waals surface area contributed by atoms with E-state index in [-0.39, 0.29) is 22.3 Å². The minimum atomic E-state index is -4.80. The molecule has 9 heteroatoms. The molecule has 0 atom stereocenters. The third-order valence-corrected chi connectivity index (χ3v) is 11.8. The maximum atomic E-state index is 15.1. The van der Waals surface area contributed by atoms with E-state index in [1.807, 2.05) is 137 Å². The van der Waals surface area contributed by atoms with E-state index in [4.69, 9.17) is 8.83 Å². The normalized spacial score (nSPS) is 12.2. The van der Waals surface area contributed by atoms with E-state index in [0.29, 0.717) is 33.6 Å². The molecule has 12 rings (SSSR count). The van der Waals surface area contributed by atoms with Gasteiger partial charge in [0, 0.05) is 32.3 Å². The Morgan fingerprint density at radius 3 is 1.43 bits per heavy atom. The minimum Gasteiger partial charge on any atom is -0.455 e. The van der Waals surface area contributed by atoms with Crippen LogP contribution in [0.5, 0.6) is 0 Å². The second kappa shape index (κ2) is 12.1. The fourth-order valence-electron chi connectivity index (χ4n) is 9.32. The fourth-order valence-corrected chi connectivity index (χ4v) is 9.32. The summed E-state index contributed by atoms with van der Waals surface area (Å²) in [4.78, 5) is 0. The molecule has 0 aliphatic rings. The summed E-state index contributed by atoms with van der Waals surface area (Å²) in [5, 5.41) is 28.2. The third kappa shape index (κ3) is 4.57. The number of furan rings is 2. The zero-order valence-corrected chi connectivity index (χ0v) is 31.2. The smallest absolute Gasteiger partial charge is 0.417 e. The van der Waals surface area contributed by atoms with Gasteiger partial charge < -0.3 is 18.0 Å². The number of para-hydroxylation sites is 4. The first-order valence-corrected chi connectivity index (χ1v) is 19.2. The molecule has 4 aromatic heterocycles. The van der Waals surface area contributed by atoms with Crippen LogP contribution in [0.15, 0.2) is 160 Å². The molecule has 0 unspecified atom stereocenters. The van der Waals surface area contributed by atoms with Crippen molar-refractivity contribution in [1.82, 2.24) is 9.13 Å². The predicted molar refractivity (Wildman–Crippen MR) is 230 cm³/mol. The summed E-state index contributed by atoms with van der Waals surface area (Å²) in [7, 11) is 0. The van der Waals surface area contributed by atoms with E-state index in [2.05, 4.69) is 6.07 Å². The van der Waals surface area contributed by atoms with Gasteiger partial charge in [0.15, 0.2) is 0 Å². The lowest BCUT2D eigenvalue weighted by molar-refractivity contribution is -0.137. The van der Waals surface area contributed by atoms with Crippen molar-refractivity contribution >= 4 is 87.5 Å². The van der Waals surface area contributed by atoms with Gasteiger partial charge in [-0.1, -0.05) is 78.9 Å². The van der Waals surface area contributed by atoms with E-state index in [0.717, 1.165) is 71.4 Å². The molecule has 0 saturated carbocycles. The summed E-state index contributed by atoms with van der Waals surface area (Å²) in [5.74, 6) is 0. The fraction of sp³-hybridized carbons (Fsp3) is 0.0196. The third-order valence-electron chi connectivity index (χ3n) is 11.8. The SMILES string of the molecule is N#Cc1ccc(-c2cc(-n3c4ccccc4c4c5oc6ccccc6c5ccc43)c(C#N)c(-n3c4ccccc4c4c5oc6ccccc6c5ccc43)c2)c(C(F)(F)F)c1. The van der Waals surface area contributed by atoms with Gasteiger partial charge in [0.2, 0.25) is 0 Å². The lowest BCUT2D eigenvalue weighted by Gasteiger charge is -2.20. The maximum Gasteiger partial charge on any atom is 0.417 e. The van der Waals surface area contributed by atoms with Crippen molar-refractivity contribution in [2.75, 3.05) is 0 Å². The molecule has 8 aromatic carbocycles. The Hall–Kier alpha value is -8.27. The number of alkyl halides is 3. The molecule has 6 nitrogen and oxygen atoms in total. The molecule has 282 valence electrons. The van der Waals surface area contributed by atoms with Gasteiger partial charge in [0.05, 0.1) is 61.4 Å². The van der Waals surface area contributed by atoms with Gasteiger partial charge in [-0.2, -0.15) is 23.7 Å². The van der Waals surface area contributed by atoms with Crippen LogP contribution in [0, 0.1) is 22.7 Å². The molecule has 0 spiro atoms. The molecule has 0 aliphatic heterocycles. The lowest BCUT2D eigenvalue weighted by Crippen LogP contribution is -2.09. The number of hydrogen-bond acceptors (Lipinski definition) is 4. The summed E-state index contributed by atoms with van der Waals surface area (Å²) < 4.78 is 62.1. The van der Waals surface area contributed by atoms with Crippen LogP contribution in [0.2, 0.25) is 0 Å². The number of nitriles is 2. The highest BCUT2D eigenvalue weighted by molar-refractivity contribution is 6.25. The topological polar surface area (TPSA) is 83.7 Å². The number of hydrogen-bond donors (Lipinski definition) is 0. The largest absolute Gasteiger partial charge is 0.455 e. The van der Waals surface area contributed by atoms with Crippen molar-refractivity contribution in [2.45, 2.75) is 6.18 Å². The van der Waals surface area contributed by atoms with Crippen LogP contribution in [0.3, 0.4) is 0 Å². The van der Waals surface area contributed by atoms with Crippen LogP contribution in [-0.4, -0.2) is 9.13 Å². The number of nitrogens with zero attached hydrogens (tertiary/aromatic N) is 4. The summed E-state index contributed by atoms with van der Waals surface area (Å²) in [6.45, 7) is 0. The number of aromatic nitrogens is 2. The van der Waals surface area contributed by atoms with Crippen molar-refractivity contribution in [2.24, 2.45) is 0 Å². The molecule has 0 radical (unpaired) electrons. The average molecular weight is 783 g/mol. The van der Waals surface area contributed by atoms with Gasteiger partial charge in [-0.15, -0.1) is 0 Å². The van der Waals surface area contributed by atoms with Crippen LogP contribution < -0.4 is 0 Å². The quantitative estimate of drug-likeness (QED) is 0.179. The molecule has 60 heavy (non-hydrogen) atoms. The summed E-state index contributed by atoms with van der Waals surface area (Å²) in [6, 6.07) is 50.4. The minimum absolute atomic E-state index is 0.116. The zero-order chi connectivity index (χ0) is 40.4. The first-order valence-electron chi connectivity index (χ1n) is 19.2. The molecular formula is C51H25F3N4O2. The van der Waals surface area contributed by atoms with Gasteiger partial charge in [0.25, 0.3) is 0 Å². The summed E-state index contributed by atoms with van der Waals surface area (Å²) in [6.07, 6.45) is -4.80. The number of rotatable bonds is 3. The molecule has 4 heterocycles. The average Bonchev–Trinajstić information content (AvgIpc) is 4.03. The first-order chi connectivity index (χ1) is 29.3. The van der Waals surface area contributed by atoms with E-state index in [1.165, 1.54) is 12.1 Å². The van der Waals surface area contributed by atoms with E-state index >= 15 is 13.2 Å². The van der Waals surface area contributed by atoms with Gasteiger partial charge >= 0.3 is 6.18 Å². The van der Waals surface area contributed by atoms with Crippen LogP contribution in [0.1, 0.15) is 16.7 Å². The first kappa shape index (κ1) is 33.8. The maximum absolute atomic E-state index is 15.1. The second-order valence-electron chi connectivity index (χ2n) is 14.9. The van der Waals surface area contributed by atoms with E-state index in [1.54, 1.807) is 12.1 Å². The van der Waals surface area contributed by atoms with Gasteiger partial charge in [0.1, 0.15) is 34.0 Å². The summed E-state index contributed by atoms with van der Waals surface area (Å²) >= 11 is 0. The Morgan fingerprint density at radius 1 is 0.467 bits per heavy atom. The highest BCUT2D eigenvalue weighted by Gasteiger charge is 2.35. The lowest BCUT2D eigenvalue weighted by atomic mass is 9.94. The molecule has 0 amide bonds. The monoisotopic (exact) mass is 782 g/mol. The standard InChI is InChI=1S/C51H25F3N4O2/c52-51(53,54)38-23-28(26-55)17-18-30(38)29-24-43(57-39-13-5-1-11-35(39)47-41(57)21-19-33-31-9-3-7-15-45(31)59-49(33)47)37(27-56)44(25-29)58-40-14-6-2-12-36(40)48-42(58)22-20-34-32-10-4-8-16-46(32)60-50(34)48/h1-25H. The molecule has 0 N–H and O–H groups in total. The van der Waals surface area contributed by atoms with Crippen LogP contribution in [0.25, 0.3) is 110 Å². The number of benzene rings is 8. The molecule has 0 bridgehead atoms. The highest BCUT2D eigenvalue weighted by Crippen LogP contribution is 2.46. The van der Waals surface area contributed by atoms with Crippen molar-refractivity contribution < 1.29 is 22.0 Å². The molecule has 0 saturated heterocycles. The Bertz CT molecular complexity index is 3710. The summed E-state index contributed by atoms with van der Waals surface area (Å²) in [5.41, 5.74) is 5.68. The van der Waals surface area contributed by atoms with Gasteiger partial charge in [-0.05, 0) is 83.9 Å². The van der Waals surface area contributed by atoms with Crippen molar-refractivity contribution in [3.05, 3.63) is 168 Å². The van der Waals surface area contributed by atoms with Crippen LogP contribution in [-0.2, 0) is 6.18 Å². The van der Waals surface area contributed by atoms with Crippen LogP contribution in [0.4, 0.5) is 13.2 Å². The van der Waals surface area contributed by atoms with Crippen LogP contribution >= 0.6 is 0 Å². The Morgan fingerprint density at radius 2 is 0.950 bits per heavy atom. The second-order valence-corrected chi connectivity index (χ2v) is 14.9. The van der Waals surface area contributed by atoms with E-state index in [9.17, 15) is 10.5 Å². The molecule has 0 fully saturated rings. The Balaban J connectivity index is 1.26. The molecular weight excluding hydrogens is 758 g/mol. The molecule has 12 aromatic rings.